The molecule has 0 aliphatic carbocycles. The average Bonchev–Trinajstić information content (AvgIpc) is 3.05. The zero-order chi connectivity index (χ0) is 21.7. The van der Waals surface area contributed by atoms with Gasteiger partial charge in [-0.3, -0.25) is 4.90 Å². The average molecular weight is 410 g/mol. The second-order valence-corrected chi connectivity index (χ2v) is 8.90. The van der Waals surface area contributed by atoms with Crippen molar-refractivity contribution in [1.29, 1.82) is 5.26 Å². The molecule has 2 unspecified atom stereocenters. The molecule has 2 aromatic rings. The minimum atomic E-state index is -0.178. The lowest BCUT2D eigenvalue weighted by Crippen LogP contribution is -2.43. The largest absolute Gasteiger partial charge is 0.440 e. The number of nitrogens with zero attached hydrogens (tertiary/aromatic N) is 2. The Morgan fingerprint density at radius 1 is 1.00 bits per heavy atom. The van der Waals surface area contributed by atoms with E-state index in [-0.39, 0.29) is 17.8 Å². The van der Waals surface area contributed by atoms with Crippen LogP contribution in [0.2, 0.25) is 0 Å². The zero-order valence-electron chi connectivity index (χ0n) is 18.2. The highest BCUT2D eigenvalue weighted by molar-refractivity contribution is 5.65. The highest BCUT2D eigenvalue weighted by Gasteiger charge is 2.48. The van der Waals surface area contributed by atoms with Crippen LogP contribution in [0, 0.1) is 25.2 Å². The van der Waals surface area contributed by atoms with Crippen molar-refractivity contribution in [2.75, 3.05) is 7.05 Å². The second kappa shape index (κ2) is 7.44. The number of fused-ring (bicyclic) bond motifs is 3. The lowest BCUT2D eigenvalue weighted by Gasteiger charge is -2.41. The molecule has 5 rings (SSSR count). The fourth-order valence-electron chi connectivity index (χ4n) is 5.29. The van der Waals surface area contributed by atoms with Crippen LogP contribution >= 0.6 is 0 Å². The Morgan fingerprint density at radius 2 is 1.61 bits per heavy atom. The Balaban J connectivity index is 1.71. The first-order valence-corrected chi connectivity index (χ1v) is 10.9. The second-order valence-electron chi connectivity index (χ2n) is 8.90. The van der Waals surface area contributed by atoms with E-state index in [1.807, 2.05) is 0 Å². The van der Waals surface area contributed by atoms with Crippen LogP contribution in [0.5, 0.6) is 0 Å². The van der Waals surface area contributed by atoms with Gasteiger partial charge < -0.3 is 10.5 Å². The molecule has 3 heterocycles. The number of rotatable bonds is 2. The van der Waals surface area contributed by atoms with E-state index in [0.29, 0.717) is 11.6 Å². The summed E-state index contributed by atoms with van der Waals surface area (Å²) in [5.41, 5.74) is 13.9. The summed E-state index contributed by atoms with van der Waals surface area (Å²) in [6.07, 6.45) is 4.35. The van der Waals surface area contributed by atoms with Crippen LogP contribution in [-0.2, 0) is 4.74 Å². The summed E-state index contributed by atoms with van der Waals surface area (Å²) >= 11 is 0. The summed E-state index contributed by atoms with van der Waals surface area (Å²) in [7, 11) is 2.19. The van der Waals surface area contributed by atoms with E-state index in [0.717, 1.165) is 35.3 Å². The number of likely N-dealkylation sites (N-methyl/N-ethyl adjacent to an activating group) is 1. The molecule has 2 aromatic carbocycles. The molecule has 31 heavy (non-hydrogen) atoms. The Bertz CT molecular complexity index is 1160. The van der Waals surface area contributed by atoms with Gasteiger partial charge in [0.1, 0.15) is 17.4 Å². The fourth-order valence-corrected chi connectivity index (χ4v) is 5.29. The summed E-state index contributed by atoms with van der Waals surface area (Å²) < 4.78 is 6.23. The first kappa shape index (κ1) is 19.7. The van der Waals surface area contributed by atoms with Gasteiger partial charge >= 0.3 is 0 Å². The van der Waals surface area contributed by atoms with E-state index >= 15 is 0 Å². The number of benzene rings is 2. The Morgan fingerprint density at radius 3 is 2.26 bits per heavy atom. The molecule has 0 saturated carbocycles. The summed E-state index contributed by atoms with van der Waals surface area (Å²) in [5.74, 6) is 0.918. The Hall–Kier alpha value is -3.29. The van der Waals surface area contributed by atoms with Crippen LogP contribution < -0.4 is 5.73 Å². The molecule has 0 radical (unpaired) electrons. The Kier molecular flexibility index (Phi) is 4.72. The monoisotopic (exact) mass is 409 g/mol. The Labute approximate surface area is 183 Å². The number of nitrogens with two attached hydrogens (primary N) is 1. The minimum Gasteiger partial charge on any atom is -0.440 e. The number of hydrogen-bond donors (Lipinski definition) is 1. The van der Waals surface area contributed by atoms with Crippen molar-refractivity contribution in [3.05, 3.63) is 99.1 Å². The third-order valence-corrected chi connectivity index (χ3v) is 6.95. The number of ether oxygens (including phenoxy) is 1. The first-order chi connectivity index (χ1) is 15.0. The van der Waals surface area contributed by atoms with Gasteiger partial charge in [-0.25, -0.2) is 0 Å². The molecule has 0 spiro atoms. The van der Waals surface area contributed by atoms with Crippen molar-refractivity contribution in [3.63, 3.8) is 0 Å². The maximum Gasteiger partial charge on any atom is 0.205 e. The predicted octanol–water partition coefficient (Wildman–Crippen LogP) is 4.93. The van der Waals surface area contributed by atoms with E-state index in [4.69, 9.17) is 10.5 Å². The van der Waals surface area contributed by atoms with Crippen LogP contribution in [-0.4, -0.2) is 24.0 Å². The topological polar surface area (TPSA) is 62.3 Å². The lowest BCUT2D eigenvalue weighted by atomic mass is 9.77. The number of allylic oxidation sites excluding steroid dienone is 1. The van der Waals surface area contributed by atoms with Crippen molar-refractivity contribution in [1.82, 2.24) is 4.90 Å². The molecular weight excluding hydrogens is 382 g/mol. The number of nitriles is 1. The standard InChI is InChI=1S/C27H27N3O/c1-16-4-8-18(9-5-16)14-20-22-12-13-23(30(22)3)25-24(19-10-6-17(2)7-11-19)21(15-28)27(29)31-26(20)25/h4-11,14,22-24H,12-13,29H2,1-3H3/b20-14+/t22?,23?,24-/m0/s1. The molecule has 3 aliphatic rings. The molecule has 0 aromatic heterocycles. The summed E-state index contributed by atoms with van der Waals surface area (Å²) in [4.78, 5) is 2.44. The molecule has 3 aliphatic heterocycles. The quantitative estimate of drug-likeness (QED) is 0.764. The number of aryl methyl sites for hydroxylation is 2. The highest BCUT2D eigenvalue weighted by atomic mass is 16.5. The smallest absolute Gasteiger partial charge is 0.205 e. The summed E-state index contributed by atoms with van der Waals surface area (Å²) in [5, 5.41) is 9.98. The van der Waals surface area contributed by atoms with Crippen molar-refractivity contribution >= 4 is 6.08 Å². The van der Waals surface area contributed by atoms with Gasteiger partial charge in [-0.2, -0.15) is 5.26 Å². The van der Waals surface area contributed by atoms with E-state index in [1.54, 1.807) is 0 Å². The summed E-state index contributed by atoms with van der Waals surface area (Å²) in [6, 6.07) is 19.9. The van der Waals surface area contributed by atoms with Gasteiger partial charge in [-0.15, -0.1) is 0 Å². The first-order valence-electron chi connectivity index (χ1n) is 10.9. The van der Waals surface area contributed by atoms with E-state index in [2.05, 4.69) is 86.5 Å². The van der Waals surface area contributed by atoms with Crippen LogP contribution in [0.1, 0.15) is 41.0 Å². The lowest BCUT2D eigenvalue weighted by molar-refractivity contribution is 0.209. The third-order valence-electron chi connectivity index (χ3n) is 6.95. The number of hydrogen-bond acceptors (Lipinski definition) is 4. The van der Waals surface area contributed by atoms with Gasteiger partial charge in [-0.05, 0) is 50.9 Å². The molecule has 4 heteroatoms. The van der Waals surface area contributed by atoms with Crippen LogP contribution in [0.15, 0.2) is 76.9 Å². The van der Waals surface area contributed by atoms with Crippen molar-refractivity contribution in [3.8, 4) is 6.07 Å². The van der Waals surface area contributed by atoms with Crippen LogP contribution in [0.3, 0.4) is 0 Å². The predicted molar refractivity (Wildman–Crippen MR) is 123 cm³/mol. The molecule has 2 bridgehead atoms. The maximum atomic E-state index is 9.98. The van der Waals surface area contributed by atoms with E-state index < -0.39 is 0 Å². The summed E-state index contributed by atoms with van der Waals surface area (Å²) in [6.45, 7) is 4.17. The van der Waals surface area contributed by atoms with Gasteiger partial charge in [0.05, 0.1) is 5.92 Å². The van der Waals surface area contributed by atoms with Gasteiger partial charge in [0, 0.05) is 23.2 Å². The molecule has 156 valence electrons. The maximum absolute atomic E-state index is 9.98. The molecule has 0 amide bonds. The van der Waals surface area contributed by atoms with Gasteiger partial charge in [0.2, 0.25) is 5.88 Å². The molecule has 2 N–H and O–H groups in total. The van der Waals surface area contributed by atoms with Crippen molar-refractivity contribution < 1.29 is 4.74 Å². The van der Waals surface area contributed by atoms with E-state index in [1.165, 1.54) is 16.7 Å². The highest BCUT2D eigenvalue weighted by Crippen LogP contribution is 2.52. The van der Waals surface area contributed by atoms with E-state index in [9.17, 15) is 5.26 Å². The molecule has 1 fully saturated rings. The van der Waals surface area contributed by atoms with Gasteiger partial charge in [0.15, 0.2) is 0 Å². The molecular formula is C27H27N3O. The zero-order valence-corrected chi connectivity index (χ0v) is 18.2. The third kappa shape index (κ3) is 3.17. The minimum absolute atomic E-state index is 0.178. The van der Waals surface area contributed by atoms with Crippen molar-refractivity contribution in [2.45, 2.75) is 44.7 Å². The van der Waals surface area contributed by atoms with Crippen molar-refractivity contribution in [2.24, 2.45) is 5.73 Å². The fraction of sp³-hybridized carbons (Fsp3) is 0.296. The SMILES string of the molecule is Cc1ccc(/C=C2/C3=C(C4CCC2N4C)[C@@H](c2ccc(C)cc2)C(C#N)=C(N)O3)cc1. The van der Waals surface area contributed by atoms with Crippen LogP contribution in [0.25, 0.3) is 6.08 Å². The molecule has 1 saturated heterocycles. The normalized spacial score (nSPS) is 26.6. The van der Waals surface area contributed by atoms with Gasteiger partial charge in [0.25, 0.3) is 0 Å². The molecule has 3 atom stereocenters. The molecule has 4 nitrogen and oxygen atoms in total. The van der Waals surface area contributed by atoms with Gasteiger partial charge in [-0.1, -0.05) is 59.7 Å². The van der Waals surface area contributed by atoms with Crippen LogP contribution in [0.4, 0.5) is 0 Å².